The normalized spacial score (nSPS) is 20.6. The number of halogens is 1. The SMILES string of the molecule is CNc1nc(NC2CCC(NC(=O)O)CC2)c(F)cc1C(N)=O. The lowest BCUT2D eigenvalue weighted by molar-refractivity contribution is 0.1000. The van der Waals surface area contributed by atoms with E-state index in [1.54, 1.807) is 7.05 Å². The standard InChI is InChI=1S/C14H20FN5O3/c1-17-12-9(11(16)21)6-10(15)13(20-12)18-7-2-4-8(5-3-7)19-14(22)23/h6-8,19H,2-5H2,1H3,(H2,16,21)(H,22,23)(H2,17,18,20). The summed E-state index contributed by atoms with van der Waals surface area (Å²) in [5, 5.41) is 16.9. The number of hydrogen-bond donors (Lipinski definition) is 5. The molecule has 1 aliphatic rings. The summed E-state index contributed by atoms with van der Waals surface area (Å²) in [6.07, 6.45) is 1.69. The van der Waals surface area contributed by atoms with Crippen molar-refractivity contribution in [2.24, 2.45) is 5.73 Å². The summed E-state index contributed by atoms with van der Waals surface area (Å²) in [6.45, 7) is 0. The van der Waals surface area contributed by atoms with Crippen LogP contribution >= 0.6 is 0 Å². The number of rotatable bonds is 5. The van der Waals surface area contributed by atoms with E-state index in [1.807, 2.05) is 0 Å². The summed E-state index contributed by atoms with van der Waals surface area (Å²) in [6, 6.07) is 0.975. The van der Waals surface area contributed by atoms with Crippen LogP contribution in [0.5, 0.6) is 0 Å². The second-order valence-electron chi connectivity index (χ2n) is 5.47. The minimum absolute atomic E-state index is 0.00650. The van der Waals surface area contributed by atoms with Crippen LogP contribution in [0.3, 0.4) is 0 Å². The number of carbonyl (C=O) groups is 2. The molecule has 9 heteroatoms. The molecular weight excluding hydrogens is 305 g/mol. The molecule has 6 N–H and O–H groups in total. The highest BCUT2D eigenvalue weighted by molar-refractivity contribution is 5.97. The third-order valence-corrected chi connectivity index (χ3v) is 3.87. The summed E-state index contributed by atoms with van der Waals surface area (Å²) in [4.78, 5) is 25.9. The molecule has 1 aromatic heterocycles. The number of amides is 2. The molecule has 2 amide bonds. The molecule has 1 heterocycles. The molecule has 0 atom stereocenters. The average Bonchev–Trinajstić information content (AvgIpc) is 2.50. The maximum atomic E-state index is 14.1. The van der Waals surface area contributed by atoms with Crippen LogP contribution < -0.4 is 21.7 Å². The number of carboxylic acid groups (broad SMARTS) is 1. The molecule has 1 saturated carbocycles. The molecule has 1 fully saturated rings. The van der Waals surface area contributed by atoms with Gasteiger partial charge in [-0.2, -0.15) is 0 Å². The summed E-state index contributed by atoms with van der Waals surface area (Å²) in [5.41, 5.74) is 5.18. The number of carbonyl (C=O) groups excluding carboxylic acids is 1. The monoisotopic (exact) mass is 325 g/mol. The number of nitrogens with one attached hydrogen (secondary N) is 3. The Morgan fingerprint density at radius 3 is 2.39 bits per heavy atom. The second kappa shape index (κ2) is 7.12. The van der Waals surface area contributed by atoms with E-state index in [0.29, 0.717) is 25.7 Å². The zero-order valence-corrected chi connectivity index (χ0v) is 12.7. The maximum absolute atomic E-state index is 14.1. The fraction of sp³-hybridized carbons (Fsp3) is 0.500. The Morgan fingerprint density at radius 1 is 1.26 bits per heavy atom. The van der Waals surface area contributed by atoms with Crippen LogP contribution in [0.1, 0.15) is 36.0 Å². The first-order valence-electron chi connectivity index (χ1n) is 7.34. The Labute approximate surface area is 132 Å². The Balaban J connectivity index is 2.04. The quantitative estimate of drug-likeness (QED) is 0.556. The zero-order valence-electron chi connectivity index (χ0n) is 12.7. The molecule has 1 aromatic rings. The fourth-order valence-corrected chi connectivity index (χ4v) is 2.72. The maximum Gasteiger partial charge on any atom is 0.404 e. The van der Waals surface area contributed by atoms with E-state index in [-0.39, 0.29) is 29.3 Å². The summed E-state index contributed by atoms with van der Waals surface area (Å²) in [7, 11) is 1.57. The predicted octanol–water partition coefficient (Wildman–Crippen LogP) is 1.35. The van der Waals surface area contributed by atoms with Crippen LogP contribution in [-0.2, 0) is 0 Å². The molecule has 2 rings (SSSR count). The van der Waals surface area contributed by atoms with E-state index in [4.69, 9.17) is 10.8 Å². The highest BCUT2D eigenvalue weighted by Gasteiger charge is 2.24. The van der Waals surface area contributed by atoms with Crippen LogP contribution in [0.2, 0.25) is 0 Å². The van der Waals surface area contributed by atoms with Crippen LogP contribution in [0.4, 0.5) is 20.8 Å². The van der Waals surface area contributed by atoms with Gasteiger partial charge in [-0.1, -0.05) is 0 Å². The van der Waals surface area contributed by atoms with Gasteiger partial charge >= 0.3 is 6.09 Å². The molecule has 0 bridgehead atoms. The van der Waals surface area contributed by atoms with E-state index in [2.05, 4.69) is 20.9 Å². The molecule has 0 saturated heterocycles. The lowest BCUT2D eigenvalue weighted by Gasteiger charge is -2.29. The van der Waals surface area contributed by atoms with Gasteiger partial charge in [-0.05, 0) is 31.7 Å². The van der Waals surface area contributed by atoms with Crippen molar-refractivity contribution in [3.63, 3.8) is 0 Å². The molecular formula is C14H20FN5O3. The van der Waals surface area contributed by atoms with Crippen molar-refractivity contribution >= 4 is 23.6 Å². The summed E-state index contributed by atoms with van der Waals surface area (Å²) < 4.78 is 14.1. The topological polar surface area (TPSA) is 129 Å². The summed E-state index contributed by atoms with van der Waals surface area (Å²) in [5.74, 6) is -1.15. The number of hydrogen-bond acceptors (Lipinski definition) is 5. The van der Waals surface area contributed by atoms with Gasteiger partial charge in [0.1, 0.15) is 5.82 Å². The van der Waals surface area contributed by atoms with Crippen molar-refractivity contribution in [3.8, 4) is 0 Å². The minimum atomic E-state index is -1.03. The fourth-order valence-electron chi connectivity index (χ4n) is 2.72. The third-order valence-electron chi connectivity index (χ3n) is 3.87. The first-order chi connectivity index (χ1) is 10.9. The van der Waals surface area contributed by atoms with Crippen LogP contribution in [0, 0.1) is 5.82 Å². The number of primary amides is 1. The van der Waals surface area contributed by atoms with Gasteiger partial charge in [-0.25, -0.2) is 14.2 Å². The molecule has 0 radical (unpaired) electrons. The number of nitrogens with zero attached hydrogens (tertiary/aromatic N) is 1. The van der Waals surface area contributed by atoms with Crippen molar-refractivity contribution in [2.75, 3.05) is 17.7 Å². The number of pyridine rings is 1. The van der Waals surface area contributed by atoms with Crippen molar-refractivity contribution in [2.45, 2.75) is 37.8 Å². The van der Waals surface area contributed by atoms with Crippen molar-refractivity contribution in [1.29, 1.82) is 0 Å². The van der Waals surface area contributed by atoms with E-state index in [9.17, 15) is 14.0 Å². The molecule has 8 nitrogen and oxygen atoms in total. The van der Waals surface area contributed by atoms with E-state index >= 15 is 0 Å². The van der Waals surface area contributed by atoms with Crippen LogP contribution in [0.25, 0.3) is 0 Å². The third kappa shape index (κ3) is 4.21. The van der Waals surface area contributed by atoms with Gasteiger partial charge in [0.25, 0.3) is 5.91 Å². The smallest absolute Gasteiger partial charge is 0.404 e. The van der Waals surface area contributed by atoms with Gasteiger partial charge in [0.05, 0.1) is 5.56 Å². The van der Waals surface area contributed by atoms with E-state index in [1.165, 1.54) is 0 Å². The van der Waals surface area contributed by atoms with Gasteiger partial charge in [0.2, 0.25) is 0 Å². The molecule has 126 valence electrons. The highest BCUT2D eigenvalue weighted by atomic mass is 19.1. The van der Waals surface area contributed by atoms with E-state index in [0.717, 1.165) is 6.07 Å². The lowest BCUT2D eigenvalue weighted by Crippen LogP contribution is -2.39. The van der Waals surface area contributed by atoms with Crippen molar-refractivity contribution in [1.82, 2.24) is 10.3 Å². The lowest BCUT2D eigenvalue weighted by atomic mass is 9.91. The summed E-state index contributed by atoms with van der Waals surface area (Å²) >= 11 is 0. The Kier molecular flexibility index (Phi) is 5.20. The largest absolute Gasteiger partial charge is 0.465 e. The molecule has 23 heavy (non-hydrogen) atoms. The van der Waals surface area contributed by atoms with Crippen LogP contribution in [0.15, 0.2) is 6.07 Å². The number of aromatic nitrogens is 1. The van der Waals surface area contributed by atoms with E-state index < -0.39 is 17.8 Å². The molecule has 0 unspecified atom stereocenters. The highest BCUT2D eigenvalue weighted by Crippen LogP contribution is 2.25. The Morgan fingerprint density at radius 2 is 1.87 bits per heavy atom. The minimum Gasteiger partial charge on any atom is -0.465 e. The zero-order chi connectivity index (χ0) is 17.0. The van der Waals surface area contributed by atoms with Gasteiger partial charge in [0.15, 0.2) is 11.6 Å². The van der Waals surface area contributed by atoms with Gasteiger partial charge in [-0.15, -0.1) is 0 Å². The Bertz CT molecular complexity index is 602. The van der Waals surface area contributed by atoms with Crippen molar-refractivity contribution < 1.29 is 19.1 Å². The van der Waals surface area contributed by atoms with Crippen molar-refractivity contribution in [3.05, 3.63) is 17.4 Å². The predicted molar refractivity (Wildman–Crippen MR) is 83.1 cm³/mol. The Hall–Kier alpha value is -2.58. The second-order valence-corrected chi connectivity index (χ2v) is 5.47. The number of anilines is 2. The first kappa shape index (κ1) is 16.8. The average molecular weight is 325 g/mol. The number of nitrogens with two attached hydrogens (primary N) is 1. The molecule has 0 spiro atoms. The van der Waals surface area contributed by atoms with Crippen LogP contribution in [-0.4, -0.2) is 41.2 Å². The molecule has 0 aliphatic heterocycles. The van der Waals surface area contributed by atoms with Gasteiger partial charge in [0, 0.05) is 19.1 Å². The van der Waals surface area contributed by atoms with Gasteiger partial charge < -0.3 is 26.8 Å². The first-order valence-corrected chi connectivity index (χ1v) is 7.34. The molecule has 1 aliphatic carbocycles. The molecule has 0 aromatic carbocycles. The van der Waals surface area contributed by atoms with Gasteiger partial charge in [-0.3, -0.25) is 4.79 Å².